The molecule has 1 atom stereocenters. The van der Waals surface area contributed by atoms with E-state index in [1.54, 1.807) is 0 Å². The average Bonchev–Trinajstić information content (AvgIpc) is 3.64. The summed E-state index contributed by atoms with van der Waals surface area (Å²) in [6.07, 6.45) is 3.65. The highest BCUT2D eigenvalue weighted by atomic mass is 16.5. The molecule has 3 fully saturated rings. The molecule has 0 aromatic heterocycles. The Hall–Kier alpha value is -2.66. The van der Waals surface area contributed by atoms with Gasteiger partial charge in [0.2, 0.25) is 5.91 Å². The summed E-state index contributed by atoms with van der Waals surface area (Å²) in [4.78, 5) is 29.4. The lowest BCUT2D eigenvalue weighted by molar-refractivity contribution is -0.166. The van der Waals surface area contributed by atoms with Gasteiger partial charge < -0.3 is 9.64 Å². The average molecular weight is 419 g/mol. The van der Waals surface area contributed by atoms with Gasteiger partial charge in [-0.1, -0.05) is 60.7 Å². The SMILES string of the molecule is O=C(OC1CN(C(c2ccccc2)c2ccccc2)C1)C1CCCN(C(=O)C2CC2)C1. The van der Waals surface area contributed by atoms with Crippen LogP contribution >= 0.6 is 0 Å². The Morgan fingerprint density at radius 3 is 2.00 bits per heavy atom. The van der Waals surface area contributed by atoms with E-state index in [2.05, 4.69) is 53.4 Å². The predicted molar refractivity (Wildman–Crippen MR) is 118 cm³/mol. The standard InChI is InChI=1S/C26H30N2O3/c29-25(21-13-14-21)27-15-7-12-22(16-27)26(30)31-23-17-28(18-23)24(19-8-3-1-4-9-19)20-10-5-2-6-11-20/h1-6,8-11,21-24H,7,12-18H2. The number of rotatable bonds is 6. The molecule has 2 aromatic carbocycles. The fraction of sp³-hybridized carbons (Fsp3) is 0.462. The van der Waals surface area contributed by atoms with Crippen molar-refractivity contribution in [3.05, 3.63) is 71.8 Å². The quantitative estimate of drug-likeness (QED) is 0.672. The van der Waals surface area contributed by atoms with E-state index in [0.29, 0.717) is 6.54 Å². The number of hydrogen-bond acceptors (Lipinski definition) is 4. The topological polar surface area (TPSA) is 49.9 Å². The minimum Gasteiger partial charge on any atom is -0.459 e. The maximum absolute atomic E-state index is 12.8. The molecule has 2 heterocycles. The van der Waals surface area contributed by atoms with Gasteiger partial charge in [-0.25, -0.2) is 0 Å². The largest absolute Gasteiger partial charge is 0.459 e. The number of esters is 1. The van der Waals surface area contributed by atoms with Gasteiger partial charge in [0.05, 0.1) is 12.0 Å². The molecule has 2 aliphatic heterocycles. The Kier molecular flexibility index (Phi) is 5.77. The second kappa shape index (κ2) is 8.83. The zero-order chi connectivity index (χ0) is 21.2. The van der Waals surface area contributed by atoms with Gasteiger partial charge in [-0.05, 0) is 36.8 Å². The second-order valence-electron chi connectivity index (χ2n) is 9.13. The van der Waals surface area contributed by atoms with Crippen molar-refractivity contribution in [1.29, 1.82) is 0 Å². The van der Waals surface area contributed by atoms with Gasteiger partial charge in [0, 0.05) is 32.1 Å². The van der Waals surface area contributed by atoms with Crippen LogP contribution in [-0.4, -0.2) is 54.0 Å². The molecule has 5 heteroatoms. The van der Waals surface area contributed by atoms with Crippen LogP contribution < -0.4 is 0 Å². The number of likely N-dealkylation sites (tertiary alicyclic amines) is 2. The monoisotopic (exact) mass is 418 g/mol. The highest BCUT2D eigenvalue weighted by Crippen LogP contribution is 2.34. The van der Waals surface area contributed by atoms with E-state index in [0.717, 1.165) is 45.3 Å². The normalized spacial score (nSPS) is 22.2. The minimum atomic E-state index is -0.176. The Morgan fingerprint density at radius 1 is 0.806 bits per heavy atom. The van der Waals surface area contributed by atoms with Crippen LogP contribution in [0, 0.1) is 11.8 Å². The number of piperidine rings is 1. The highest BCUT2D eigenvalue weighted by Gasteiger charge is 2.40. The molecule has 2 saturated heterocycles. The molecule has 2 aromatic rings. The Morgan fingerprint density at radius 2 is 1.42 bits per heavy atom. The zero-order valence-electron chi connectivity index (χ0n) is 17.9. The van der Waals surface area contributed by atoms with Crippen molar-refractivity contribution in [2.45, 2.75) is 37.8 Å². The highest BCUT2D eigenvalue weighted by molar-refractivity contribution is 5.82. The van der Waals surface area contributed by atoms with Gasteiger partial charge in [0.1, 0.15) is 6.10 Å². The number of ether oxygens (including phenoxy) is 1. The van der Waals surface area contributed by atoms with Gasteiger partial charge >= 0.3 is 5.97 Å². The van der Waals surface area contributed by atoms with E-state index in [4.69, 9.17) is 4.74 Å². The maximum atomic E-state index is 12.8. The van der Waals surface area contributed by atoms with Crippen LogP contribution in [0.15, 0.2) is 60.7 Å². The van der Waals surface area contributed by atoms with Crippen molar-refractivity contribution in [3.63, 3.8) is 0 Å². The summed E-state index contributed by atoms with van der Waals surface area (Å²) in [7, 11) is 0. The first-order chi connectivity index (χ1) is 15.2. The third kappa shape index (κ3) is 4.52. The van der Waals surface area contributed by atoms with Gasteiger partial charge in [0.15, 0.2) is 0 Å². The van der Waals surface area contributed by atoms with E-state index in [9.17, 15) is 9.59 Å². The second-order valence-corrected chi connectivity index (χ2v) is 9.13. The predicted octanol–water partition coefficient (Wildman–Crippen LogP) is 3.65. The lowest BCUT2D eigenvalue weighted by Crippen LogP contribution is -2.55. The maximum Gasteiger partial charge on any atom is 0.311 e. The Labute approximate surface area is 184 Å². The van der Waals surface area contributed by atoms with Gasteiger partial charge in [-0.2, -0.15) is 0 Å². The van der Waals surface area contributed by atoms with Crippen molar-refractivity contribution in [1.82, 2.24) is 9.80 Å². The lowest BCUT2D eigenvalue weighted by atomic mass is 9.93. The summed E-state index contributed by atoms with van der Waals surface area (Å²) < 4.78 is 5.86. The van der Waals surface area contributed by atoms with Crippen LogP contribution in [0.1, 0.15) is 42.9 Å². The third-order valence-electron chi connectivity index (χ3n) is 6.75. The zero-order valence-corrected chi connectivity index (χ0v) is 17.9. The minimum absolute atomic E-state index is 0.0723. The van der Waals surface area contributed by atoms with Crippen molar-refractivity contribution in [3.8, 4) is 0 Å². The fourth-order valence-electron chi connectivity index (χ4n) is 4.86. The number of hydrogen-bond donors (Lipinski definition) is 0. The molecule has 1 amide bonds. The first-order valence-corrected chi connectivity index (χ1v) is 11.5. The van der Waals surface area contributed by atoms with Crippen molar-refractivity contribution in [2.75, 3.05) is 26.2 Å². The molecule has 0 N–H and O–H groups in total. The van der Waals surface area contributed by atoms with Crippen LogP contribution in [0.3, 0.4) is 0 Å². The smallest absolute Gasteiger partial charge is 0.311 e. The molecule has 0 radical (unpaired) electrons. The van der Waals surface area contributed by atoms with Gasteiger partial charge in [0.25, 0.3) is 0 Å². The summed E-state index contributed by atoms with van der Waals surface area (Å²) in [6.45, 7) is 2.78. The molecule has 0 spiro atoms. The number of benzene rings is 2. The molecule has 1 saturated carbocycles. The van der Waals surface area contributed by atoms with Crippen LogP contribution in [0.25, 0.3) is 0 Å². The summed E-state index contributed by atoms with van der Waals surface area (Å²) in [6, 6.07) is 21.1. The van der Waals surface area contributed by atoms with E-state index in [1.807, 2.05) is 17.0 Å². The summed E-state index contributed by atoms with van der Waals surface area (Å²) in [5.74, 6) is 0.141. The third-order valence-corrected chi connectivity index (χ3v) is 6.75. The molecule has 1 unspecified atom stereocenters. The summed E-state index contributed by atoms with van der Waals surface area (Å²) >= 11 is 0. The number of carbonyl (C=O) groups is 2. The Balaban J connectivity index is 1.18. The number of nitrogens with zero attached hydrogens (tertiary/aromatic N) is 2. The molecule has 162 valence electrons. The van der Waals surface area contributed by atoms with Crippen molar-refractivity contribution in [2.24, 2.45) is 11.8 Å². The molecular formula is C26H30N2O3. The lowest BCUT2D eigenvalue weighted by Gasteiger charge is -2.44. The van der Waals surface area contributed by atoms with Crippen LogP contribution in [0.4, 0.5) is 0 Å². The molecule has 0 bridgehead atoms. The fourth-order valence-corrected chi connectivity index (χ4v) is 4.86. The molecule has 1 aliphatic carbocycles. The van der Waals surface area contributed by atoms with Crippen LogP contribution in [0.5, 0.6) is 0 Å². The van der Waals surface area contributed by atoms with E-state index < -0.39 is 0 Å². The Bertz CT molecular complexity index is 867. The molecule has 5 rings (SSSR count). The van der Waals surface area contributed by atoms with E-state index >= 15 is 0 Å². The first kappa shape index (κ1) is 20.3. The first-order valence-electron chi connectivity index (χ1n) is 11.5. The number of amides is 1. The van der Waals surface area contributed by atoms with E-state index in [-0.39, 0.29) is 35.9 Å². The van der Waals surface area contributed by atoms with Gasteiger partial charge in [-0.15, -0.1) is 0 Å². The van der Waals surface area contributed by atoms with Crippen LogP contribution in [0.2, 0.25) is 0 Å². The van der Waals surface area contributed by atoms with Crippen molar-refractivity contribution < 1.29 is 14.3 Å². The van der Waals surface area contributed by atoms with Crippen molar-refractivity contribution >= 4 is 11.9 Å². The molecular weight excluding hydrogens is 388 g/mol. The summed E-state index contributed by atoms with van der Waals surface area (Å²) in [5, 5.41) is 0. The summed E-state index contributed by atoms with van der Waals surface area (Å²) in [5.41, 5.74) is 2.50. The van der Waals surface area contributed by atoms with E-state index in [1.165, 1.54) is 11.1 Å². The molecule has 3 aliphatic rings. The van der Waals surface area contributed by atoms with Gasteiger partial charge in [-0.3, -0.25) is 14.5 Å². The molecule has 5 nitrogen and oxygen atoms in total. The van der Waals surface area contributed by atoms with Crippen LogP contribution in [-0.2, 0) is 14.3 Å². The number of carbonyl (C=O) groups excluding carboxylic acids is 2. The molecule has 31 heavy (non-hydrogen) atoms.